The average Bonchev–Trinajstić information content (AvgIpc) is 2.11. The fourth-order valence-corrected chi connectivity index (χ4v) is 1.50. The predicted molar refractivity (Wildman–Crippen MR) is 60.4 cm³/mol. The third kappa shape index (κ3) is 2.75. The summed E-state index contributed by atoms with van der Waals surface area (Å²) >= 11 is 12.0. The summed E-state index contributed by atoms with van der Waals surface area (Å²) in [5, 5.41) is 1.42. The molecule has 0 aliphatic carbocycles. The molecule has 70 valence electrons. The van der Waals surface area contributed by atoms with E-state index >= 15 is 0 Å². The Morgan fingerprint density at radius 1 is 1.31 bits per heavy atom. The maximum Gasteiger partial charge on any atom is 0.0493 e. The normalized spacial score (nSPS) is 11.8. The molecular weight excluding hydrogens is 203 g/mol. The lowest BCUT2D eigenvalue weighted by atomic mass is 10.1. The Labute approximate surface area is 89.2 Å². The molecule has 0 heterocycles. The van der Waals surface area contributed by atoms with Crippen molar-refractivity contribution in [1.29, 1.82) is 0 Å². The van der Waals surface area contributed by atoms with Crippen molar-refractivity contribution in [2.45, 2.75) is 20.3 Å². The highest BCUT2D eigenvalue weighted by atomic mass is 35.5. The van der Waals surface area contributed by atoms with Crippen LogP contribution in [-0.4, -0.2) is 0 Å². The minimum Gasteiger partial charge on any atom is -0.0836 e. The number of hydrogen-bond donors (Lipinski definition) is 0. The zero-order valence-electron chi connectivity index (χ0n) is 7.77. The first-order chi connectivity index (χ1) is 6.15. The molecule has 0 aromatic heterocycles. The van der Waals surface area contributed by atoms with E-state index in [1.165, 1.54) is 5.57 Å². The molecule has 0 aliphatic heterocycles. The van der Waals surface area contributed by atoms with Crippen molar-refractivity contribution in [3.63, 3.8) is 0 Å². The van der Waals surface area contributed by atoms with E-state index in [-0.39, 0.29) is 0 Å². The average molecular weight is 215 g/mol. The van der Waals surface area contributed by atoms with Gasteiger partial charge in [0.15, 0.2) is 0 Å². The molecule has 0 aliphatic rings. The molecule has 13 heavy (non-hydrogen) atoms. The number of halogens is 2. The van der Waals surface area contributed by atoms with Gasteiger partial charge in [-0.05, 0) is 25.5 Å². The Bertz CT molecular complexity index is 307. The summed E-state index contributed by atoms with van der Waals surface area (Å²) in [4.78, 5) is 0. The number of hydrogen-bond acceptors (Lipinski definition) is 0. The van der Waals surface area contributed by atoms with Crippen molar-refractivity contribution in [3.8, 4) is 0 Å². The highest BCUT2D eigenvalue weighted by Gasteiger charge is 2.01. The number of benzene rings is 1. The topological polar surface area (TPSA) is 0 Å². The van der Waals surface area contributed by atoms with Crippen LogP contribution < -0.4 is 0 Å². The Morgan fingerprint density at radius 2 is 1.85 bits per heavy atom. The molecule has 0 radical (unpaired) electrons. The van der Waals surface area contributed by atoms with Crippen molar-refractivity contribution in [3.05, 3.63) is 39.4 Å². The van der Waals surface area contributed by atoms with E-state index in [2.05, 4.69) is 13.8 Å². The molecular formula is C11H12Cl2. The first kappa shape index (κ1) is 10.6. The minimum absolute atomic E-state index is 0.709. The lowest BCUT2D eigenvalue weighted by Crippen LogP contribution is -1.79. The van der Waals surface area contributed by atoms with Gasteiger partial charge in [0, 0.05) is 15.6 Å². The molecule has 0 amide bonds. The first-order valence-corrected chi connectivity index (χ1v) is 5.02. The standard InChI is InChI=1S/C11H12Cl2/c1-3-8(2)7-9-10(12)5-4-6-11(9)13/h4-7H,3H2,1-2H3. The van der Waals surface area contributed by atoms with Gasteiger partial charge in [0.1, 0.15) is 0 Å². The van der Waals surface area contributed by atoms with Crippen molar-refractivity contribution >= 4 is 29.3 Å². The van der Waals surface area contributed by atoms with Gasteiger partial charge in [-0.2, -0.15) is 0 Å². The Kier molecular flexibility index (Phi) is 3.83. The van der Waals surface area contributed by atoms with Gasteiger partial charge in [-0.15, -0.1) is 0 Å². The van der Waals surface area contributed by atoms with Crippen molar-refractivity contribution in [2.24, 2.45) is 0 Å². The van der Waals surface area contributed by atoms with Crippen LogP contribution in [-0.2, 0) is 0 Å². The van der Waals surface area contributed by atoms with Crippen LogP contribution in [0, 0.1) is 0 Å². The van der Waals surface area contributed by atoms with Crippen LogP contribution in [0.25, 0.3) is 6.08 Å². The summed E-state index contributed by atoms with van der Waals surface area (Å²) in [7, 11) is 0. The van der Waals surface area contributed by atoms with Crippen LogP contribution in [0.5, 0.6) is 0 Å². The van der Waals surface area contributed by atoms with E-state index in [9.17, 15) is 0 Å². The molecule has 1 rings (SSSR count). The molecule has 0 unspecified atom stereocenters. The van der Waals surface area contributed by atoms with Gasteiger partial charge in [-0.25, -0.2) is 0 Å². The smallest absolute Gasteiger partial charge is 0.0493 e. The molecule has 0 saturated carbocycles. The molecule has 0 fully saturated rings. The Balaban J connectivity index is 3.14. The number of rotatable bonds is 2. The van der Waals surface area contributed by atoms with Gasteiger partial charge >= 0.3 is 0 Å². The van der Waals surface area contributed by atoms with Crippen LogP contribution in [0.4, 0.5) is 0 Å². The van der Waals surface area contributed by atoms with Crippen LogP contribution in [0.3, 0.4) is 0 Å². The maximum atomic E-state index is 6.00. The number of allylic oxidation sites excluding steroid dienone is 1. The Morgan fingerprint density at radius 3 is 2.31 bits per heavy atom. The Hall–Kier alpha value is -0.460. The highest BCUT2D eigenvalue weighted by molar-refractivity contribution is 6.37. The van der Waals surface area contributed by atoms with Gasteiger partial charge in [0.2, 0.25) is 0 Å². The molecule has 2 heteroatoms. The second kappa shape index (κ2) is 4.69. The third-order valence-corrected chi connectivity index (χ3v) is 2.61. The van der Waals surface area contributed by atoms with E-state index in [0.29, 0.717) is 10.0 Å². The van der Waals surface area contributed by atoms with Crippen LogP contribution in [0.1, 0.15) is 25.8 Å². The molecule has 0 nitrogen and oxygen atoms in total. The molecule has 0 spiro atoms. The lowest BCUT2D eigenvalue weighted by Gasteiger charge is -2.02. The SMILES string of the molecule is CCC(C)=Cc1c(Cl)cccc1Cl. The summed E-state index contributed by atoms with van der Waals surface area (Å²) in [6.45, 7) is 4.18. The third-order valence-electron chi connectivity index (χ3n) is 1.95. The lowest BCUT2D eigenvalue weighted by molar-refractivity contribution is 1.11. The van der Waals surface area contributed by atoms with Crippen molar-refractivity contribution < 1.29 is 0 Å². The van der Waals surface area contributed by atoms with E-state index in [1.807, 2.05) is 24.3 Å². The quantitative estimate of drug-likeness (QED) is 0.664. The zero-order chi connectivity index (χ0) is 9.84. The van der Waals surface area contributed by atoms with E-state index in [1.54, 1.807) is 0 Å². The molecule has 1 aromatic carbocycles. The second-order valence-electron chi connectivity index (χ2n) is 2.98. The first-order valence-electron chi connectivity index (χ1n) is 4.26. The van der Waals surface area contributed by atoms with Crippen LogP contribution in [0.15, 0.2) is 23.8 Å². The van der Waals surface area contributed by atoms with Crippen LogP contribution >= 0.6 is 23.2 Å². The fraction of sp³-hybridized carbons (Fsp3) is 0.273. The molecule has 0 bridgehead atoms. The van der Waals surface area contributed by atoms with Gasteiger partial charge in [0.25, 0.3) is 0 Å². The van der Waals surface area contributed by atoms with Crippen molar-refractivity contribution in [2.75, 3.05) is 0 Å². The van der Waals surface area contributed by atoms with E-state index in [0.717, 1.165) is 12.0 Å². The van der Waals surface area contributed by atoms with Crippen molar-refractivity contribution in [1.82, 2.24) is 0 Å². The summed E-state index contributed by atoms with van der Waals surface area (Å²) in [6, 6.07) is 5.55. The monoisotopic (exact) mass is 214 g/mol. The van der Waals surface area contributed by atoms with E-state index < -0.39 is 0 Å². The zero-order valence-corrected chi connectivity index (χ0v) is 9.28. The summed E-state index contributed by atoms with van der Waals surface area (Å²) in [5.74, 6) is 0. The van der Waals surface area contributed by atoms with Gasteiger partial charge in [-0.3, -0.25) is 0 Å². The van der Waals surface area contributed by atoms with Gasteiger partial charge in [0.05, 0.1) is 0 Å². The largest absolute Gasteiger partial charge is 0.0836 e. The summed E-state index contributed by atoms with van der Waals surface area (Å²) in [6.07, 6.45) is 3.05. The summed E-state index contributed by atoms with van der Waals surface area (Å²) < 4.78 is 0. The minimum atomic E-state index is 0.709. The van der Waals surface area contributed by atoms with E-state index in [4.69, 9.17) is 23.2 Å². The molecule has 1 aromatic rings. The second-order valence-corrected chi connectivity index (χ2v) is 3.79. The predicted octanol–water partition coefficient (Wildman–Crippen LogP) is 4.81. The summed E-state index contributed by atoms with van der Waals surface area (Å²) in [5.41, 5.74) is 2.19. The molecule has 0 saturated heterocycles. The van der Waals surface area contributed by atoms with Gasteiger partial charge in [-0.1, -0.05) is 47.8 Å². The van der Waals surface area contributed by atoms with Crippen LogP contribution in [0.2, 0.25) is 10.0 Å². The fourth-order valence-electron chi connectivity index (χ4n) is 0.997. The molecule has 0 N–H and O–H groups in total. The maximum absolute atomic E-state index is 6.00. The highest BCUT2D eigenvalue weighted by Crippen LogP contribution is 2.26. The molecule has 0 atom stereocenters. The van der Waals surface area contributed by atoms with Gasteiger partial charge < -0.3 is 0 Å².